The summed E-state index contributed by atoms with van der Waals surface area (Å²) in [6.07, 6.45) is 1.31. The van der Waals surface area contributed by atoms with E-state index in [4.69, 9.17) is 0 Å². The minimum Gasteiger partial charge on any atom is -0.393 e. The summed E-state index contributed by atoms with van der Waals surface area (Å²) < 4.78 is 30.5. The van der Waals surface area contributed by atoms with Crippen molar-refractivity contribution >= 4 is 10.4 Å². The van der Waals surface area contributed by atoms with Gasteiger partial charge in [-0.05, 0) is 19.8 Å². The Morgan fingerprint density at radius 3 is 2.27 bits per heavy atom. The van der Waals surface area contributed by atoms with Crippen LogP contribution in [0, 0.1) is 0 Å². The molecule has 1 unspecified atom stereocenters. The molecule has 0 spiro atoms. The fourth-order valence-electron chi connectivity index (χ4n) is 0.942. The van der Waals surface area contributed by atoms with E-state index >= 15 is 0 Å². The molecular weight excluding hydrogens is 231 g/mol. The smallest absolute Gasteiger partial charge is 0.393 e. The van der Waals surface area contributed by atoms with Crippen molar-refractivity contribution in [1.82, 2.24) is 0 Å². The number of aliphatic hydroxyl groups excluding tert-OH is 1. The minimum absolute atomic E-state index is 0. The van der Waals surface area contributed by atoms with E-state index in [1.165, 1.54) is 0 Å². The quantitative estimate of drug-likeness (QED) is 0.496. The van der Waals surface area contributed by atoms with Gasteiger partial charge in [0.05, 0.1) is 19.3 Å². The second-order valence-electron chi connectivity index (χ2n) is 2.87. The molecule has 0 aromatic heterocycles. The third-order valence-electron chi connectivity index (χ3n) is 1.56. The molecule has 0 rings (SSSR count). The van der Waals surface area contributed by atoms with Crippen LogP contribution >= 0.6 is 0 Å². The van der Waals surface area contributed by atoms with E-state index in [-0.39, 0.29) is 42.8 Å². The number of aliphatic hydroxyl groups is 1. The fourth-order valence-corrected chi connectivity index (χ4v) is 1.60. The molecule has 0 radical (unpaired) electrons. The molecule has 7 heteroatoms. The van der Waals surface area contributed by atoms with Gasteiger partial charge in [-0.3, -0.25) is 0 Å². The molecule has 1 N–H and O–H groups in total. The van der Waals surface area contributed by atoms with Gasteiger partial charge in [0.25, 0.3) is 0 Å². The average molecular weight is 249 g/mol. The van der Waals surface area contributed by atoms with Crippen LogP contribution in [0.2, 0.25) is 0 Å². The molecule has 0 amide bonds. The molecule has 86 valence electrons. The first-order valence-electron chi connectivity index (χ1n) is 4.73. The van der Waals surface area contributed by atoms with Crippen molar-refractivity contribution in [2.75, 3.05) is 13.2 Å². The summed E-state index contributed by atoms with van der Waals surface area (Å²) in [6, 6.07) is 0. The molecule has 0 aromatic rings. The maximum absolute atomic E-state index is 10.8. The summed E-state index contributed by atoms with van der Waals surface area (Å²) in [5.74, 6) is 0. The van der Waals surface area contributed by atoms with E-state index in [1.807, 2.05) is 6.92 Å². The molecule has 0 bridgehead atoms. The average Bonchev–Trinajstić information content (AvgIpc) is 2.03. The van der Waals surface area contributed by atoms with Gasteiger partial charge in [-0.2, -0.15) is 8.42 Å². The molecular formula is C8H18NaO5S+. The van der Waals surface area contributed by atoms with Crippen molar-refractivity contribution in [1.29, 1.82) is 0 Å². The standard InChI is InChI=1S/C8H18O5S.Na/c1-3-5-8(9)6-7-13-14(10,11)12-4-2;/h8-9H,3-7H2,1-2H3;/q;+1. The summed E-state index contributed by atoms with van der Waals surface area (Å²) in [6.45, 7) is 3.53. The molecule has 0 heterocycles. The maximum Gasteiger partial charge on any atom is 1.00 e. The molecule has 0 saturated heterocycles. The van der Waals surface area contributed by atoms with Crippen LogP contribution < -0.4 is 29.6 Å². The monoisotopic (exact) mass is 249 g/mol. The van der Waals surface area contributed by atoms with Crippen LogP contribution in [0.1, 0.15) is 33.1 Å². The minimum atomic E-state index is -3.85. The van der Waals surface area contributed by atoms with E-state index in [0.717, 1.165) is 6.42 Å². The van der Waals surface area contributed by atoms with Crippen molar-refractivity contribution in [3.05, 3.63) is 0 Å². The van der Waals surface area contributed by atoms with Crippen molar-refractivity contribution in [2.24, 2.45) is 0 Å². The fraction of sp³-hybridized carbons (Fsp3) is 1.00. The zero-order valence-corrected chi connectivity index (χ0v) is 12.4. The molecule has 15 heavy (non-hydrogen) atoms. The predicted octanol–water partition coefficient (Wildman–Crippen LogP) is -2.16. The van der Waals surface area contributed by atoms with E-state index < -0.39 is 16.5 Å². The Morgan fingerprint density at radius 1 is 1.20 bits per heavy atom. The zero-order valence-electron chi connectivity index (χ0n) is 9.60. The van der Waals surface area contributed by atoms with Crippen molar-refractivity contribution in [2.45, 2.75) is 39.2 Å². The van der Waals surface area contributed by atoms with Gasteiger partial charge in [-0.15, -0.1) is 0 Å². The van der Waals surface area contributed by atoms with Crippen molar-refractivity contribution < 1.29 is 51.4 Å². The third-order valence-corrected chi connectivity index (χ3v) is 2.54. The van der Waals surface area contributed by atoms with Crippen LogP contribution in [-0.2, 0) is 18.8 Å². The van der Waals surface area contributed by atoms with Crippen LogP contribution in [0.4, 0.5) is 0 Å². The maximum atomic E-state index is 10.8. The Morgan fingerprint density at radius 2 is 1.80 bits per heavy atom. The van der Waals surface area contributed by atoms with Gasteiger partial charge in [-0.1, -0.05) is 13.3 Å². The van der Waals surface area contributed by atoms with Gasteiger partial charge in [0.15, 0.2) is 0 Å². The Hall–Kier alpha value is 0.830. The molecule has 0 aliphatic heterocycles. The van der Waals surface area contributed by atoms with Gasteiger partial charge in [0.2, 0.25) is 0 Å². The van der Waals surface area contributed by atoms with Crippen molar-refractivity contribution in [3.8, 4) is 0 Å². The Balaban J connectivity index is 0. The van der Waals surface area contributed by atoms with Gasteiger partial charge in [-0.25, -0.2) is 8.37 Å². The largest absolute Gasteiger partial charge is 1.00 e. The van der Waals surface area contributed by atoms with E-state index in [2.05, 4.69) is 8.37 Å². The Labute approximate surface area is 114 Å². The molecule has 5 nitrogen and oxygen atoms in total. The molecule has 0 saturated carbocycles. The molecule has 0 aromatic carbocycles. The SMILES string of the molecule is CCCC(O)CCOS(=O)(=O)OCC.[Na+]. The van der Waals surface area contributed by atoms with Crippen molar-refractivity contribution in [3.63, 3.8) is 0 Å². The van der Waals surface area contributed by atoms with Crippen LogP contribution in [-0.4, -0.2) is 32.8 Å². The van der Waals surface area contributed by atoms with Crippen LogP contribution in [0.25, 0.3) is 0 Å². The number of hydrogen-bond acceptors (Lipinski definition) is 5. The Kier molecular flexibility index (Phi) is 12.2. The van der Waals surface area contributed by atoms with E-state index in [9.17, 15) is 13.5 Å². The van der Waals surface area contributed by atoms with Crippen LogP contribution in [0.3, 0.4) is 0 Å². The first-order chi connectivity index (χ1) is 6.52. The van der Waals surface area contributed by atoms with E-state index in [0.29, 0.717) is 12.8 Å². The first kappa shape index (κ1) is 18.2. The van der Waals surface area contributed by atoms with E-state index in [1.54, 1.807) is 6.92 Å². The summed E-state index contributed by atoms with van der Waals surface area (Å²) in [5, 5.41) is 9.26. The summed E-state index contributed by atoms with van der Waals surface area (Å²) in [7, 11) is -3.85. The van der Waals surface area contributed by atoms with Gasteiger partial charge in [0, 0.05) is 0 Å². The normalized spacial score (nSPS) is 13.3. The second kappa shape index (κ2) is 10.0. The molecule has 0 aliphatic rings. The molecule has 0 fully saturated rings. The third kappa shape index (κ3) is 11.1. The summed E-state index contributed by atoms with van der Waals surface area (Å²) >= 11 is 0. The summed E-state index contributed by atoms with van der Waals surface area (Å²) in [5.41, 5.74) is 0. The number of rotatable bonds is 8. The number of hydrogen-bond donors (Lipinski definition) is 1. The molecule has 0 aliphatic carbocycles. The second-order valence-corrected chi connectivity index (χ2v) is 4.16. The predicted molar refractivity (Wildman–Crippen MR) is 52.0 cm³/mol. The first-order valence-corrected chi connectivity index (χ1v) is 6.07. The molecule has 1 atom stereocenters. The topological polar surface area (TPSA) is 72.8 Å². The van der Waals surface area contributed by atoms with Gasteiger partial charge >= 0.3 is 40.0 Å². The summed E-state index contributed by atoms with van der Waals surface area (Å²) in [4.78, 5) is 0. The van der Waals surface area contributed by atoms with Crippen LogP contribution in [0.5, 0.6) is 0 Å². The zero-order chi connectivity index (χ0) is 11.0. The van der Waals surface area contributed by atoms with Gasteiger partial charge in [0.1, 0.15) is 0 Å². The van der Waals surface area contributed by atoms with Gasteiger partial charge < -0.3 is 5.11 Å². The van der Waals surface area contributed by atoms with Crippen LogP contribution in [0.15, 0.2) is 0 Å². The Bertz CT molecular complexity index is 229.